The summed E-state index contributed by atoms with van der Waals surface area (Å²) in [4.78, 5) is 0. The van der Waals surface area contributed by atoms with Gasteiger partial charge in [0.1, 0.15) is 0 Å². The monoisotopic (exact) mass is 221 g/mol. The average Bonchev–Trinajstić information content (AvgIpc) is 2.65. The second-order valence-electron chi connectivity index (χ2n) is 5.42. The Kier molecular flexibility index (Phi) is 3.64. The van der Waals surface area contributed by atoms with Crippen molar-refractivity contribution >= 4 is 0 Å². The van der Waals surface area contributed by atoms with Gasteiger partial charge in [-0.25, -0.2) is 0 Å². The largest absolute Gasteiger partial charge is 0.311 e. The van der Waals surface area contributed by atoms with Gasteiger partial charge in [0, 0.05) is 26.3 Å². The molecule has 0 aliphatic heterocycles. The molecule has 0 atom stereocenters. The molecule has 1 aliphatic carbocycles. The van der Waals surface area contributed by atoms with Crippen molar-refractivity contribution in [1.82, 2.24) is 15.1 Å². The summed E-state index contributed by atoms with van der Waals surface area (Å²) in [5, 5.41) is 7.75. The molecular formula is C13H23N3. The van der Waals surface area contributed by atoms with Crippen LogP contribution in [0.3, 0.4) is 0 Å². The van der Waals surface area contributed by atoms with Crippen molar-refractivity contribution in [2.24, 2.45) is 12.5 Å². The van der Waals surface area contributed by atoms with Crippen LogP contribution in [0.15, 0.2) is 12.3 Å². The van der Waals surface area contributed by atoms with Gasteiger partial charge in [-0.2, -0.15) is 5.10 Å². The van der Waals surface area contributed by atoms with E-state index in [1.54, 1.807) is 0 Å². The van der Waals surface area contributed by atoms with Gasteiger partial charge in [-0.05, 0) is 24.3 Å². The highest BCUT2D eigenvalue weighted by molar-refractivity contribution is 4.99. The van der Waals surface area contributed by atoms with E-state index in [2.05, 4.69) is 23.4 Å². The maximum Gasteiger partial charge on any atom is 0.0518 e. The molecule has 1 saturated carbocycles. The smallest absolute Gasteiger partial charge is 0.0518 e. The summed E-state index contributed by atoms with van der Waals surface area (Å²) in [6.45, 7) is 4.49. The standard InChI is InChI=1S/C13H23N3/c1-13(7-4-3-5-8-13)11-14-10-12-6-9-15-16(12)2/h6,9,14H,3-5,7-8,10-11H2,1-2H3. The van der Waals surface area contributed by atoms with Crippen molar-refractivity contribution in [2.75, 3.05) is 6.54 Å². The van der Waals surface area contributed by atoms with Gasteiger partial charge < -0.3 is 5.32 Å². The Labute approximate surface area is 98.2 Å². The fourth-order valence-electron chi connectivity index (χ4n) is 2.65. The zero-order valence-corrected chi connectivity index (χ0v) is 10.5. The first kappa shape index (κ1) is 11.6. The molecule has 1 aliphatic rings. The van der Waals surface area contributed by atoms with Crippen LogP contribution in [0.5, 0.6) is 0 Å². The Hall–Kier alpha value is -0.830. The van der Waals surface area contributed by atoms with Crippen LogP contribution in [0.25, 0.3) is 0 Å². The zero-order chi connectivity index (χ0) is 11.4. The van der Waals surface area contributed by atoms with E-state index in [0.717, 1.165) is 13.1 Å². The van der Waals surface area contributed by atoms with E-state index >= 15 is 0 Å². The van der Waals surface area contributed by atoms with Gasteiger partial charge in [0.25, 0.3) is 0 Å². The molecule has 1 N–H and O–H groups in total. The van der Waals surface area contributed by atoms with Crippen molar-refractivity contribution in [2.45, 2.75) is 45.6 Å². The van der Waals surface area contributed by atoms with E-state index in [1.807, 2.05) is 17.9 Å². The minimum atomic E-state index is 0.525. The van der Waals surface area contributed by atoms with Crippen molar-refractivity contribution in [3.63, 3.8) is 0 Å². The lowest BCUT2D eigenvalue weighted by Crippen LogP contribution is -2.33. The molecule has 0 aromatic carbocycles. The molecule has 0 bridgehead atoms. The van der Waals surface area contributed by atoms with Gasteiger partial charge in [0.15, 0.2) is 0 Å². The summed E-state index contributed by atoms with van der Waals surface area (Å²) in [6, 6.07) is 2.08. The normalized spacial score (nSPS) is 19.9. The van der Waals surface area contributed by atoms with Crippen molar-refractivity contribution in [3.05, 3.63) is 18.0 Å². The molecule has 1 fully saturated rings. The summed E-state index contributed by atoms with van der Waals surface area (Å²) >= 11 is 0. The van der Waals surface area contributed by atoms with Crippen LogP contribution in [-0.4, -0.2) is 16.3 Å². The predicted molar refractivity (Wildman–Crippen MR) is 66.1 cm³/mol. The topological polar surface area (TPSA) is 29.9 Å². The molecule has 16 heavy (non-hydrogen) atoms. The van der Waals surface area contributed by atoms with E-state index in [9.17, 15) is 0 Å². The Morgan fingerprint density at radius 1 is 1.38 bits per heavy atom. The van der Waals surface area contributed by atoms with Crippen molar-refractivity contribution in [1.29, 1.82) is 0 Å². The molecule has 1 aromatic rings. The van der Waals surface area contributed by atoms with Crippen LogP contribution in [0.2, 0.25) is 0 Å². The molecule has 0 amide bonds. The highest BCUT2D eigenvalue weighted by atomic mass is 15.3. The maximum absolute atomic E-state index is 4.18. The van der Waals surface area contributed by atoms with Crippen molar-refractivity contribution < 1.29 is 0 Å². The molecule has 90 valence electrons. The van der Waals surface area contributed by atoms with Crippen LogP contribution in [0, 0.1) is 5.41 Å². The Morgan fingerprint density at radius 3 is 2.75 bits per heavy atom. The van der Waals surface area contributed by atoms with Crippen molar-refractivity contribution in [3.8, 4) is 0 Å². The van der Waals surface area contributed by atoms with Crippen LogP contribution in [0.1, 0.15) is 44.7 Å². The van der Waals surface area contributed by atoms with Gasteiger partial charge >= 0.3 is 0 Å². The Morgan fingerprint density at radius 2 is 2.12 bits per heavy atom. The number of nitrogens with one attached hydrogen (secondary N) is 1. The molecule has 3 heteroatoms. The van der Waals surface area contributed by atoms with Gasteiger partial charge in [-0.15, -0.1) is 0 Å². The zero-order valence-electron chi connectivity index (χ0n) is 10.5. The van der Waals surface area contributed by atoms with E-state index in [0.29, 0.717) is 5.41 Å². The first-order valence-electron chi connectivity index (χ1n) is 6.37. The second kappa shape index (κ2) is 5.00. The predicted octanol–water partition coefficient (Wildman–Crippen LogP) is 2.48. The number of rotatable bonds is 4. The lowest BCUT2D eigenvalue weighted by atomic mass is 9.76. The highest BCUT2D eigenvalue weighted by Crippen LogP contribution is 2.34. The molecule has 1 heterocycles. The fourth-order valence-corrected chi connectivity index (χ4v) is 2.65. The van der Waals surface area contributed by atoms with Crippen LogP contribution in [0.4, 0.5) is 0 Å². The second-order valence-corrected chi connectivity index (χ2v) is 5.42. The number of hydrogen-bond acceptors (Lipinski definition) is 2. The fraction of sp³-hybridized carbons (Fsp3) is 0.769. The molecule has 0 radical (unpaired) electrons. The summed E-state index contributed by atoms with van der Waals surface area (Å²) < 4.78 is 1.94. The van der Waals surface area contributed by atoms with E-state index < -0.39 is 0 Å². The SMILES string of the molecule is Cn1nccc1CNCC1(C)CCCCC1. The van der Waals surface area contributed by atoms with Gasteiger partial charge in [0.2, 0.25) is 0 Å². The van der Waals surface area contributed by atoms with E-state index in [4.69, 9.17) is 0 Å². The molecule has 0 unspecified atom stereocenters. The minimum absolute atomic E-state index is 0.525. The lowest BCUT2D eigenvalue weighted by Gasteiger charge is -2.33. The van der Waals surface area contributed by atoms with Crippen LogP contribution in [-0.2, 0) is 13.6 Å². The van der Waals surface area contributed by atoms with Crippen LogP contribution >= 0.6 is 0 Å². The summed E-state index contributed by atoms with van der Waals surface area (Å²) in [5.41, 5.74) is 1.79. The molecule has 0 saturated heterocycles. The number of aryl methyl sites for hydroxylation is 1. The quantitative estimate of drug-likeness (QED) is 0.846. The third-order valence-corrected chi connectivity index (χ3v) is 3.84. The van der Waals surface area contributed by atoms with Gasteiger partial charge in [-0.1, -0.05) is 26.2 Å². The van der Waals surface area contributed by atoms with Crippen LogP contribution < -0.4 is 5.32 Å². The lowest BCUT2D eigenvalue weighted by molar-refractivity contribution is 0.207. The number of aromatic nitrogens is 2. The van der Waals surface area contributed by atoms with Gasteiger partial charge in [0.05, 0.1) is 5.69 Å². The Bertz CT molecular complexity index is 324. The Balaban J connectivity index is 1.77. The molecule has 0 spiro atoms. The van der Waals surface area contributed by atoms with E-state index in [1.165, 1.54) is 37.8 Å². The number of nitrogens with zero attached hydrogens (tertiary/aromatic N) is 2. The summed E-state index contributed by atoms with van der Waals surface area (Å²) in [5.74, 6) is 0. The average molecular weight is 221 g/mol. The molecule has 1 aromatic heterocycles. The first-order chi connectivity index (χ1) is 7.70. The molecule has 2 rings (SSSR count). The molecular weight excluding hydrogens is 198 g/mol. The summed E-state index contributed by atoms with van der Waals surface area (Å²) in [6.07, 6.45) is 8.86. The molecule has 3 nitrogen and oxygen atoms in total. The third-order valence-electron chi connectivity index (χ3n) is 3.84. The van der Waals surface area contributed by atoms with Gasteiger partial charge in [-0.3, -0.25) is 4.68 Å². The summed E-state index contributed by atoms with van der Waals surface area (Å²) in [7, 11) is 2.00. The minimum Gasteiger partial charge on any atom is -0.311 e. The highest BCUT2D eigenvalue weighted by Gasteiger charge is 2.25. The van der Waals surface area contributed by atoms with E-state index in [-0.39, 0.29) is 0 Å². The third kappa shape index (κ3) is 2.85. The first-order valence-corrected chi connectivity index (χ1v) is 6.37. The number of hydrogen-bond donors (Lipinski definition) is 1. The maximum atomic E-state index is 4.18.